The van der Waals surface area contributed by atoms with Gasteiger partial charge in [0.25, 0.3) is 5.69 Å². The van der Waals surface area contributed by atoms with Gasteiger partial charge >= 0.3 is 0 Å². The van der Waals surface area contributed by atoms with Crippen molar-refractivity contribution >= 4 is 5.69 Å². The number of benzene rings is 1. The van der Waals surface area contributed by atoms with E-state index in [0.717, 1.165) is 0 Å². The summed E-state index contributed by atoms with van der Waals surface area (Å²) >= 11 is 0. The largest absolute Gasteiger partial charge is 0.292 e. The van der Waals surface area contributed by atoms with Crippen LogP contribution in [0, 0.1) is 10.1 Å². The summed E-state index contributed by atoms with van der Waals surface area (Å²) in [6, 6.07) is 6.14. The van der Waals surface area contributed by atoms with Crippen molar-refractivity contribution in [3.8, 4) is 0 Å². The second-order valence-electron chi connectivity index (χ2n) is 2.27. The van der Waals surface area contributed by atoms with Crippen LogP contribution in [0.1, 0.15) is 5.56 Å². The molecule has 0 aliphatic heterocycles. The normalized spacial score (nSPS) is 9.92. The standard InChI is InChI=1S/C7H8N2O4/c10-8-13-5-6-3-1-2-4-7(6)9(11)12/h1-4,8,10H,5H2. The summed E-state index contributed by atoms with van der Waals surface area (Å²) < 4.78 is 0. The first-order valence-electron chi connectivity index (χ1n) is 3.49. The molecule has 0 saturated carbocycles. The van der Waals surface area contributed by atoms with E-state index in [9.17, 15) is 10.1 Å². The van der Waals surface area contributed by atoms with Gasteiger partial charge in [0.05, 0.1) is 10.5 Å². The van der Waals surface area contributed by atoms with Crippen LogP contribution in [0.3, 0.4) is 0 Å². The van der Waals surface area contributed by atoms with Gasteiger partial charge in [-0.15, -0.1) is 0 Å². The number of nitrogens with zero attached hydrogens (tertiary/aromatic N) is 1. The molecule has 70 valence electrons. The summed E-state index contributed by atoms with van der Waals surface area (Å²) in [6.45, 7) is -0.0619. The molecule has 0 fully saturated rings. The number of nitro groups is 1. The van der Waals surface area contributed by atoms with Crippen LogP contribution in [0.4, 0.5) is 5.69 Å². The second-order valence-corrected chi connectivity index (χ2v) is 2.27. The Kier molecular flexibility index (Phi) is 3.32. The van der Waals surface area contributed by atoms with Crippen molar-refractivity contribution < 1.29 is 15.0 Å². The van der Waals surface area contributed by atoms with Crippen LogP contribution in [0.5, 0.6) is 0 Å². The highest BCUT2D eigenvalue weighted by Crippen LogP contribution is 2.17. The van der Waals surface area contributed by atoms with Gasteiger partial charge in [0, 0.05) is 6.07 Å². The number of rotatable bonds is 4. The molecule has 1 aromatic carbocycles. The Balaban J connectivity index is 2.84. The lowest BCUT2D eigenvalue weighted by atomic mass is 10.2. The molecule has 0 amide bonds. The van der Waals surface area contributed by atoms with Crippen molar-refractivity contribution in [2.45, 2.75) is 6.61 Å². The van der Waals surface area contributed by atoms with E-state index in [1.54, 1.807) is 18.2 Å². The monoisotopic (exact) mass is 184 g/mol. The van der Waals surface area contributed by atoms with Crippen molar-refractivity contribution in [1.29, 1.82) is 0 Å². The molecular weight excluding hydrogens is 176 g/mol. The molecule has 2 N–H and O–H groups in total. The van der Waals surface area contributed by atoms with E-state index in [4.69, 9.17) is 5.21 Å². The number of hydrogen-bond donors (Lipinski definition) is 2. The lowest BCUT2D eigenvalue weighted by Crippen LogP contribution is -2.08. The van der Waals surface area contributed by atoms with Gasteiger partial charge in [-0.2, -0.15) is 0 Å². The van der Waals surface area contributed by atoms with Gasteiger partial charge in [-0.3, -0.25) is 20.2 Å². The summed E-state index contributed by atoms with van der Waals surface area (Å²) in [5.74, 6) is 0. The molecule has 0 aromatic heterocycles. The highest BCUT2D eigenvalue weighted by molar-refractivity contribution is 5.39. The SMILES string of the molecule is O=[N+]([O-])c1ccccc1CONO. The summed E-state index contributed by atoms with van der Waals surface area (Å²) in [7, 11) is 0. The summed E-state index contributed by atoms with van der Waals surface area (Å²) in [5, 5.41) is 18.6. The maximum Gasteiger partial charge on any atom is 0.274 e. The minimum absolute atomic E-state index is 0.0299. The predicted octanol–water partition coefficient (Wildman–Crippen LogP) is 1.01. The van der Waals surface area contributed by atoms with Gasteiger partial charge in [-0.1, -0.05) is 17.8 Å². The first kappa shape index (κ1) is 9.59. The first-order chi connectivity index (χ1) is 6.25. The predicted molar refractivity (Wildman–Crippen MR) is 42.8 cm³/mol. The topological polar surface area (TPSA) is 84.6 Å². The molecule has 0 radical (unpaired) electrons. The van der Waals surface area contributed by atoms with Crippen LogP contribution in [0.2, 0.25) is 0 Å². The highest BCUT2D eigenvalue weighted by Gasteiger charge is 2.11. The molecule has 0 unspecified atom stereocenters. The van der Waals surface area contributed by atoms with E-state index in [-0.39, 0.29) is 12.3 Å². The second kappa shape index (κ2) is 4.51. The molecule has 0 aliphatic rings. The Labute approximate surface area is 73.8 Å². The average molecular weight is 184 g/mol. The van der Waals surface area contributed by atoms with Crippen molar-refractivity contribution in [2.75, 3.05) is 0 Å². The van der Waals surface area contributed by atoms with E-state index < -0.39 is 4.92 Å². The summed E-state index contributed by atoms with van der Waals surface area (Å²) in [6.07, 6.45) is 0. The van der Waals surface area contributed by atoms with Gasteiger partial charge in [-0.25, -0.2) is 0 Å². The smallest absolute Gasteiger partial charge is 0.274 e. The summed E-state index contributed by atoms with van der Waals surface area (Å²) in [4.78, 5) is 14.4. The molecule has 1 rings (SSSR count). The molecule has 0 bridgehead atoms. The van der Waals surface area contributed by atoms with Crippen LogP contribution >= 0.6 is 0 Å². The van der Waals surface area contributed by atoms with E-state index in [1.165, 1.54) is 11.7 Å². The number of nitro benzene ring substituents is 1. The van der Waals surface area contributed by atoms with Gasteiger partial charge in [-0.05, 0) is 6.07 Å². The zero-order chi connectivity index (χ0) is 9.68. The minimum Gasteiger partial charge on any atom is -0.292 e. The van der Waals surface area contributed by atoms with Crippen molar-refractivity contribution in [3.05, 3.63) is 39.9 Å². The Morgan fingerprint density at radius 3 is 2.85 bits per heavy atom. The molecule has 0 saturated heterocycles. The Morgan fingerprint density at radius 1 is 1.54 bits per heavy atom. The molecule has 0 spiro atoms. The van der Waals surface area contributed by atoms with Gasteiger partial charge in [0.15, 0.2) is 0 Å². The lowest BCUT2D eigenvalue weighted by Gasteiger charge is -2.01. The summed E-state index contributed by atoms with van der Waals surface area (Å²) in [5.41, 5.74) is 1.83. The molecule has 1 aromatic rings. The molecule has 6 nitrogen and oxygen atoms in total. The fraction of sp³-hybridized carbons (Fsp3) is 0.143. The number of hydrogen-bond acceptors (Lipinski definition) is 5. The van der Waals surface area contributed by atoms with Crippen molar-refractivity contribution in [1.82, 2.24) is 5.64 Å². The van der Waals surface area contributed by atoms with Crippen LogP contribution in [-0.4, -0.2) is 10.1 Å². The molecule has 0 heterocycles. The highest BCUT2D eigenvalue weighted by atomic mass is 16.8. The van der Waals surface area contributed by atoms with Gasteiger partial charge in [0.2, 0.25) is 0 Å². The molecule has 0 atom stereocenters. The van der Waals surface area contributed by atoms with Crippen LogP contribution in [0.15, 0.2) is 24.3 Å². The van der Waals surface area contributed by atoms with Gasteiger partial charge in [0.1, 0.15) is 6.61 Å². The maximum atomic E-state index is 10.5. The molecule has 6 heteroatoms. The minimum atomic E-state index is -0.504. The van der Waals surface area contributed by atoms with E-state index in [2.05, 4.69) is 4.84 Å². The zero-order valence-electron chi connectivity index (χ0n) is 6.64. The third-order valence-corrected chi connectivity index (χ3v) is 1.48. The van der Waals surface area contributed by atoms with E-state index >= 15 is 0 Å². The van der Waals surface area contributed by atoms with Crippen LogP contribution in [-0.2, 0) is 11.4 Å². The lowest BCUT2D eigenvalue weighted by molar-refractivity contribution is -0.386. The Hall–Kier alpha value is -1.50. The number of nitrogens with one attached hydrogen (secondary N) is 1. The Morgan fingerprint density at radius 2 is 2.23 bits per heavy atom. The third kappa shape index (κ3) is 2.48. The third-order valence-electron chi connectivity index (χ3n) is 1.48. The van der Waals surface area contributed by atoms with Crippen molar-refractivity contribution in [2.24, 2.45) is 0 Å². The maximum absolute atomic E-state index is 10.5. The molecule has 0 aliphatic carbocycles. The van der Waals surface area contributed by atoms with E-state index in [0.29, 0.717) is 5.56 Å². The van der Waals surface area contributed by atoms with Crippen LogP contribution in [0.25, 0.3) is 0 Å². The molecule has 13 heavy (non-hydrogen) atoms. The fourth-order valence-corrected chi connectivity index (χ4v) is 0.921. The van der Waals surface area contributed by atoms with E-state index in [1.807, 2.05) is 0 Å². The van der Waals surface area contributed by atoms with Crippen molar-refractivity contribution in [3.63, 3.8) is 0 Å². The van der Waals surface area contributed by atoms with Crippen LogP contribution < -0.4 is 5.64 Å². The average Bonchev–Trinajstić information content (AvgIpc) is 2.15. The number of para-hydroxylation sites is 1. The van der Waals surface area contributed by atoms with Gasteiger partial charge < -0.3 is 0 Å². The quantitative estimate of drug-likeness (QED) is 0.538. The Bertz CT molecular complexity index is 302. The zero-order valence-corrected chi connectivity index (χ0v) is 6.64. The first-order valence-corrected chi connectivity index (χ1v) is 3.49. The fourth-order valence-electron chi connectivity index (χ4n) is 0.921. The molecular formula is C7H8N2O4.